The zero-order valence-corrected chi connectivity index (χ0v) is 15.9. The van der Waals surface area contributed by atoms with E-state index >= 15 is 0 Å². The molecule has 1 amide bonds. The van der Waals surface area contributed by atoms with E-state index in [1.807, 2.05) is 37.6 Å². The maximum atomic E-state index is 12.7. The van der Waals surface area contributed by atoms with Crippen molar-refractivity contribution in [2.24, 2.45) is 13.0 Å². The third-order valence-electron chi connectivity index (χ3n) is 4.12. The lowest BCUT2D eigenvalue weighted by molar-refractivity contribution is -0.119. The van der Waals surface area contributed by atoms with Crippen LogP contribution in [0.5, 0.6) is 5.75 Å². The number of aromatic nitrogens is 2. The Labute approximate surface area is 155 Å². The fourth-order valence-corrected chi connectivity index (χ4v) is 3.32. The lowest BCUT2D eigenvalue weighted by atomic mass is 9.90. The van der Waals surface area contributed by atoms with Crippen molar-refractivity contribution in [3.63, 3.8) is 0 Å². The summed E-state index contributed by atoms with van der Waals surface area (Å²) in [6.45, 7) is 1.45. The molecule has 0 saturated carbocycles. The number of nitrogens with zero attached hydrogens (tertiary/aromatic N) is 2. The van der Waals surface area contributed by atoms with Gasteiger partial charge in [0.2, 0.25) is 5.91 Å². The van der Waals surface area contributed by atoms with E-state index in [4.69, 9.17) is 4.74 Å². The fourth-order valence-electron chi connectivity index (χ4n) is 2.91. The first-order valence-corrected chi connectivity index (χ1v) is 8.21. The number of hydrogen-bond donors (Lipinski definition) is 2. The summed E-state index contributed by atoms with van der Waals surface area (Å²) in [6, 6.07) is 5.52. The first-order chi connectivity index (χ1) is 11.1. The Kier molecular flexibility index (Phi) is 6.26. The van der Waals surface area contributed by atoms with Gasteiger partial charge in [-0.15, -0.1) is 12.4 Å². The quantitative estimate of drug-likeness (QED) is 0.805. The standard InChI is InChI=1S/C16H19BrN4O2.ClH/c1-21-9-10(6-19-21)12-7-18-8-13(12)16(22)20-11-3-4-14(17)15(5-11)23-2;/h3-6,9,12-13,18H,7-8H2,1-2H3,(H,20,22);1H/t12-,13+;/m1./s1. The lowest BCUT2D eigenvalue weighted by Gasteiger charge is -2.17. The van der Waals surface area contributed by atoms with Crippen LogP contribution in [0.3, 0.4) is 0 Å². The average molecular weight is 416 g/mol. The summed E-state index contributed by atoms with van der Waals surface area (Å²) in [5, 5.41) is 10.5. The number of carbonyl (C=O) groups is 1. The van der Waals surface area contributed by atoms with Gasteiger partial charge in [-0.2, -0.15) is 5.10 Å². The number of carbonyl (C=O) groups excluding carboxylic acids is 1. The summed E-state index contributed by atoms with van der Waals surface area (Å²) in [5.41, 5.74) is 1.82. The molecule has 6 nitrogen and oxygen atoms in total. The zero-order chi connectivity index (χ0) is 16.4. The number of anilines is 1. The van der Waals surface area contributed by atoms with Crippen molar-refractivity contribution < 1.29 is 9.53 Å². The van der Waals surface area contributed by atoms with E-state index in [9.17, 15) is 4.79 Å². The minimum Gasteiger partial charge on any atom is -0.495 e. The van der Waals surface area contributed by atoms with Crippen LogP contribution in [0.25, 0.3) is 0 Å². The number of nitrogens with one attached hydrogen (secondary N) is 2. The van der Waals surface area contributed by atoms with Gasteiger partial charge in [-0.1, -0.05) is 0 Å². The van der Waals surface area contributed by atoms with Gasteiger partial charge in [-0.25, -0.2) is 0 Å². The third kappa shape index (κ3) is 3.91. The van der Waals surface area contributed by atoms with Crippen LogP contribution < -0.4 is 15.4 Å². The third-order valence-corrected chi connectivity index (χ3v) is 4.78. The highest BCUT2D eigenvalue weighted by Crippen LogP contribution is 2.31. The Morgan fingerprint density at radius 1 is 1.46 bits per heavy atom. The van der Waals surface area contributed by atoms with Crippen LogP contribution in [0.2, 0.25) is 0 Å². The molecule has 0 bridgehead atoms. The summed E-state index contributed by atoms with van der Waals surface area (Å²) in [4.78, 5) is 12.7. The van der Waals surface area contributed by atoms with Crippen molar-refractivity contribution in [3.05, 3.63) is 40.6 Å². The molecule has 2 heterocycles. The maximum Gasteiger partial charge on any atom is 0.229 e. The normalized spacial score (nSPS) is 19.6. The van der Waals surface area contributed by atoms with Crippen molar-refractivity contribution in [2.45, 2.75) is 5.92 Å². The van der Waals surface area contributed by atoms with Crippen LogP contribution in [-0.4, -0.2) is 35.9 Å². The number of ether oxygens (including phenoxy) is 1. The molecule has 2 N–H and O–H groups in total. The molecule has 1 aliphatic rings. The van der Waals surface area contributed by atoms with Gasteiger partial charge in [0.1, 0.15) is 5.75 Å². The second kappa shape index (κ2) is 8.00. The van der Waals surface area contributed by atoms with Crippen LogP contribution >= 0.6 is 28.3 Å². The van der Waals surface area contributed by atoms with E-state index < -0.39 is 0 Å². The number of amides is 1. The molecule has 1 aliphatic heterocycles. The minimum atomic E-state index is -0.117. The molecule has 0 aliphatic carbocycles. The molecule has 130 valence electrons. The van der Waals surface area contributed by atoms with Gasteiger partial charge in [0.25, 0.3) is 0 Å². The number of halogens is 2. The smallest absolute Gasteiger partial charge is 0.229 e. The Hall–Kier alpha value is -1.57. The molecule has 1 fully saturated rings. The van der Waals surface area contributed by atoms with Crippen molar-refractivity contribution in [3.8, 4) is 5.75 Å². The van der Waals surface area contributed by atoms with E-state index in [2.05, 4.69) is 31.7 Å². The van der Waals surface area contributed by atoms with Gasteiger partial charge in [0.05, 0.1) is 23.7 Å². The van der Waals surface area contributed by atoms with E-state index in [-0.39, 0.29) is 30.2 Å². The number of aryl methyl sites for hydroxylation is 1. The molecule has 8 heteroatoms. The van der Waals surface area contributed by atoms with Gasteiger partial charge in [0.15, 0.2) is 0 Å². The molecule has 0 radical (unpaired) electrons. The monoisotopic (exact) mass is 414 g/mol. The molecule has 0 unspecified atom stereocenters. The summed E-state index contributed by atoms with van der Waals surface area (Å²) in [6.07, 6.45) is 3.81. The Morgan fingerprint density at radius 3 is 2.92 bits per heavy atom. The Balaban J connectivity index is 0.00000208. The lowest BCUT2D eigenvalue weighted by Crippen LogP contribution is -2.28. The highest BCUT2D eigenvalue weighted by molar-refractivity contribution is 9.10. The molecule has 1 saturated heterocycles. The number of rotatable bonds is 4. The molecule has 2 atom stereocenters. The second-order valence-electron chi connectivity index (χ2n) is 5.66. The first-order valence-electron chi connectivity index (χ1n) is 7.42. The van der Waals surface area contributed by atoms with Gasteiger partial charge < -0.3 is 15.4 Å². The van der Waals surface area contributed by atoms with Crippen molar-refractivity contribution in [1.82, 2.24) is 15.1 Å². The van der Waals surface area contributed by atoms with Crippen molar-refractivity contribution in [1.29, 1.82) is 0 Å². The molecule has 3 rings (SSSR count). The van der Waals surface area contributed by atoms with Crippen LogP contribution in [0.4, 0.5) is 5.69 Å². The predicted molar refractivity (Wildman–Crippen MR) is 98.9 cm³/mol. The van der Waals surface area contributed by atoms with Crippen LogP contribution in [-0.2, 0) is 11.8 Å². The number of methoxy groups -OCH3 is 1. The van der Waals surface area contributed by atoms with Gasteiger partial charge in [-0.05, 0) is 33.6 Å². The highest BCUT2D eigenvalue weighted by atomic mass is 79.9. The van der Waals surface area contributed by atoms with Crippen LogP contribution in [0.1, 0.15) is 11.5 Å². The molecular formula is C16H20BrClN4O2. The van der Waals surface area contributed by atoms with Crippen molar-refractivity contribution >= 4 is 39.9 Å². The topological polar surface area (TPSA) is 68.2 Å². The van der Waals surface area contributed by atoms with E-state index in [1.165, 1.54) is 0 Å². The fraction of sp³-hybridized carbons (Fsp3) is 0.375. The minimum absolute atomic E-state index is 0. The van der Waals surface area contributed by atoms with Gasteiger partial charge >= 0.3 is 0 Å². The number of benzene rings is 1. The summed E-state index contributed by atoms with van der Waals surface area (Å²) in [5.74, 6) is 0.722. The summed E-state index contributed by atoms with van der Waals surface area (Å²) < 4.78 is 7.89. The highest BCUT2D eigenvalue weighted by Gasteiger charge is 2.34. The van der Waals surface area contributed by atoms with Crippen LogP contribution in [0, 0.1) is 5.92 Å². The molecule has 1 aromatic carbocycles. The van der Waals surface area contributed by atoms with Crippen LogP contribution in [0.15, 0.2) is 35.1 Å². The zero-order valence-electron chi connectivity index (χ0n) is 13.5. The van der Waals surface area contributed by atoms with Crippen molar-refractivity contribution in [2.75, 3.05) is 25.5 Å². The summed E-state index contributed by atoms with van der Waals surface area (Å²) >= 11 is 3.41. The average Bonchev–Trinajstić information content (AvgIpc) is 3.17. The second-order valence-corrected chi connectivity index (χ2v) is 6.51. The Bertz CT molecular complexity index is 722. The molecule has 24 heavy (non-hydrogen) atoms. The predicted octanol–water partition coefficient (Wildman–Crippen LogP) is 2.55. The largest absolute Gasteiger partial charge is 0.495 e. The molecule has 2 aromatic rings. The maximum absolute atomic E-state index is 12.7. The summed E-state index contributed by atoms with van der Waals surface area (Å²) in [7, 11) is 3.49. The SMILES string of the molecule is COc1cc(NC(=O)[C@H]2CNC[C@@H]2c2cnn(C)c2)ccc1Br.Cl. The Morgan fingerprint density at radius 2 is 2.25 bits per heavy atom. The van der Waals surface area contributed by atoms with E-state index in [0.717, 1.165) is 22.3 Å². The molecule has 0 spiro atoms. The number of hydrogen-bond acceptors (Lipinski definition) is 4. The van der Waals surface area contributed by atoms with Gasteiger partial charge in [-0.3, -0.25) is 9.48 Å². The first kappa shape index (κ1) is 18.8. The van der Waals surface area contributed by atoms with Gasteiger partial charge in [0, 0.05) is 44.0 Å². The molecule has 1 aromatic heterocycles. The van der Waals surface area contributed by atoms with E-state index in [1.54, 1.807) is 11.8 Å². The molecular weight excluding hydrogens is 396 g/mol. The van der Waals surface area contributed by atoms with E-state index in [0.29, 0.717) is 12.3 Å².